The molecule has 0 aliphatic carbocycles. The molecule has 11 nitrogen and oxygen atoms in total. The number of guanidine groups is 1. The Morgan fingerprint density at radius 2 is 1.78 bits per heavy atom. The predicted octanol–water partition coefficient (Wildman–Crippen LogP) is 8.32. The Hall–Kier alpha value is -3.83. The molecule has 0 spiro atoms. The van der Waals surface area contributed by atoms with E-state index in [2.05, 4.69) is 20.4 Å². The molecule has 1 aliphatic rings. The zero-order valence-electron chi connectivity index (χ0n) is 27.3. The van der Waals surface area contributed by atoms with Gasteiger partial charge >= 0.3 is 12.2 Å². The number of hydrogen-bond acceptors (Lipinski definition) is 8. The Morgan fingerprint density at radius 1 is 1.04 bits per heavy atom. The number of hydrogen-bond donors (Lipinski definition) is 1. The lowest BCUT2D eigenvalue weighted by Gasteiger charge is -2.27. The van der Waals surface area contributed by atoms with Crippen LogP contribution in [0.3, 0.4) is 0 Å². The second-order valence-corrected chi connectivity index (χ2v) is 13.8. The average Bonchev–Trinajstić information content (AvgIpc) is 3.61. The number of rotatable bonds is 7. The Morgan fingerprint density at radius 3 is 2.46 bits per heavy atom. The molecular formula is C33H41Cl2N5O6. The number of carbonyl (C=O) groups is 2. The second-order valence-electron chi connectivity index (χ2n) is 13.0. The van der Waals surface area contributed by atoms with E-state index in [0.29, 0.717) is 41.3 Å². The highest BCUT2D eigenvalue weighted by Crippen LogP contribution is 2.33. The Bertz CT molecular complexity index is 1580. The number of aryl methyl sites for hydroxylation is 2. The number of aromatic nitrogens is 2. The third-order valence-corrected chi connectivity index (χ3v) is 7.48. The molecule has 1 aliphatic heterocycles. The Kier molecular flexibility index (Phi) is 11.2. The number of nitrogens with one attached hydrogen (secondary N) is 1. The molecular weight excluding hydrogens is 633 g/mol. The average molecular weight is 675 g/mol. The number of aliphatic imine (C=N–C) groups is 1. The van der Waals surface area contributed by atoms with Gasteiger partial charge in [-0.15, -0.1) is 4.99 Å². The van der Waals surface area contributed by atoms with Crippen LogP contribution in [0.2, 0.25) is 10.0 Å². The van der Waals surface area contributed by atoms with Crippen molar-refractivity contribution in [2.24, 2.45) is 4.99 Å². The number of nitrogens with zero attached hydrogens (tertiary/aromatic N) is 4. The molecule has 0 radical (unpaired) electrons. The van der Waals surface area contributed by atoms with Crippen molar-refractivity contribution < 1.29 is 28.3 Å². The van der Waals surface area contributed by atoms with E-state index in [1.807, 2.05) is 37.3 Å². The monoisotopic (exact) mass is 673 g/mol. The van der Waals surface area contributed by atoms with Gasteiger partial charge in [0.1, 0.15) is 23.0 Å². The highest BCUT2D eigenvalue weighted by atomic mass is 35.5. The summed E-state index contributed by atoms with van der Waals surface area (Å²) in [7, 11) is 0. The second kappa shape index (κ2) is 14.7. The van der Waals surface area contributed by atoms with E-state index >= 15 is 0 Å². The minimum absolute atomic E-state index is 0.0118. The first-order valence-corrected chi connectivity index (χ1v) is 15.9. The van der Waals surface area contributed by atoms with E-state index in [1.165, 1.54) is 0 Å². The summed E-state index contributed by atoms with van der Waals surface area (Å²) in [6.45, 7) is 13.4. The number of amides is 2. The van der Waals surface area contributed by atoms with Crippen LogP contribution in [0.15, 0.2) is 45.9 Å². The molecule has 0 unspecified atom stereocenters. The summed E-state index contributed by atoms with van der Waals surface area (Å²) in [6, 6.07) is 10.9. The van der Waals surface area contributed by atoms with E-state index in [1.54, 1.807) is 52.5 Å². The van der Waals surface area contributed by atoms with Crippen molar-refractivity contribution in [2.45, 2.75) is 91.4 Å². The van der Waals surface area contributed by atoms with Crippen molar-refractivity contribution in [3.05, 3.63) is 63.5 Å². The van der Waals surface area contributed by atoms with Gasteiger partial charge in [0.25, 0.3) is 0 Å². The van der Waals surface area contributed by atoms with Gasteiger partial charge in [0.15, 0.2) is 0 Å². The van der Waals surface area contributed by atoms with Gasteiger partial charge in [-0.2, -0.15) is 4.98 Å². The lowest BCUT2D eigenvalue weighted by Crippen LogP contribution is -2.46. The highest BCUT2D eigenvalue weighted by Gasteiger charge is 2.35. The molecule has 2 heterocycles. The minimum atomic E-state index is -0.845. The summed E-state index contributed by atoms with van der Waals surface area (Å²) >= 11 is 12.1. The zero-order chi connectivity index (χ0) is 33.6. The van der Waals surface area contributed by atoms with Gasteiger partial charge in [-0.1, -0.05) is 34.4 Å². The van der Waals surface area contributed by atoms with Crippen LogP contribution in [-0.4, -0.2) is 57.5 Å². The molecule has 1 aromatic heterocycles. The summed E-state index contributed by atoms with van der Waals surface area (Å²) in [5.74, 6) is 1.49. The van der Waals surface area contributed by atoms with Crippen molar-refractivity contribution in [1.82, 2.24) is 20.4 Å². The lowest BCUT2D eigenvalue weighted by molar-refractivity contribution is 0.0553. The summed E-state index contributed by atoms with van der Waals surface area (Å²) in [4.78, 5) is 35.8. The predicted molar refractivity (Wildman–Crippen MR) is 176 cm³/mol. The summed E-state index contributed by atoms with van der Waals surface area (Å²) in [5, 5.41) is 7.92. The van der Waals surface area contributed by atoms with Crippen LogP contribution in [0.1, 0.15) is 83.9 Å². The maximum absolute atomic E-state index is 12.7. The van der Waals surface area contributed by atoms with E-state index in [4.69, 9.17) is 41.9 Å². The Labute approximate surface area is 279 Å². The maximum Gasteiger partial charge on any atom is 0.437 e. The number of ether oxygens (including phenoxy) is 3. The van der Waals surface area contributed by atoms with Gasteiger partial charge in [0, 0.05) is 12.1 Å². The van der Waals surface area contributed by atoms with Gasteiger partial charge in [0.05, 0.1) is 16.7 Å². The number of carbonyl (C=O) groups excluding carboxylic acids is 2. The van der Waals surface area contributed by atoms with Crippen molar-refractivity contribution in [1.29, 1.82) is 0 Å². The van der Waals surface area contributed by atoms with Crippen molar-refractivity contribution in [2.75, 3.05) is 13.2 Å². The fourth-order valence-electron chi connectivity index (χ4n) is 4.80. The van der Waals surface area contributed by atoms with E-state index in [9.17, 15) is 9.59 Å². The van der Waals surface area contributed by atoms with Gasteiger partial charge in [-0.05, 0) is 116 Å². The van der Waals surface area contributed by atoms with Crippen molar-refractivity contribution in [3.8, 4) is 17.1 Å². The summed E-state index contributed by atoms with van der Waals surface area (Å²) < 4.78 is 22.5. The number of halogens is 2. The molecule has 4 rings (SSSR count). The molecule has 1 fully saturated rings. The van der Waals surface area contributed by atoms with Crippen molar-refractivity contribution in [3.63, 3.8) is 0 Å². The van der Waals surface area contributed by atoms with Crippen molar-refractivity contribution >= 4 is 41.3 Å². The minimum Gasteiger partial charge on any atom is -0.493 e. The quantitative estimate of drug-likeness (QED) is 0.149. The zero-order valence-corrected chi connectivity index (χ0v) is 28.8. The first kappa shape index (κ1) is 35.0. The molecule has 1 atom stereocenters. The molecule has 13 heteroatoms. The fraction of sp³-hybridized carbons (Fsp3) is 0.485. The van der Waals surface area contributed by atoms with Crippen LogP contribution in [0.4, 0.5) is 9.59 Å². The van der Waals surface area contributed by atoms with Crippen LogP contribution in [0.5, 0.6) is 5.75 Å². The fourth-order valence-corrected chi connectivity index (χ4v) is 5.12. The molecule has 1 saturated heterocycles. The van der Waals surface area contributed by atoms with Gasteiger partial charge in [0.2, 0.25) is 17.7 Å². The SMILES string of the molecule is Cc1cc(-c2noc([C@@H]3CCCN3C(=NC(=O)OC(C)(C)C)NC(=O)OC(C)(C)C)n2)ccc1OCCCc1ccc(Cl)c(Cl)c1. The first-order chi connectivity index (χ1) is 21.6. The molecule has 2 aromatic carbocycles. The molecule has 2 amide bonds. The van der Waals surface area contributed by atoms with Gasteiger partial charge < -0.3 is 23.6 Å². The standard InChI is InChI=1S/C33H41Cl2N5O6/c1-20-18-22(13-15-26(20)43-17-9-10-21-12-14-23(34)24(35)19-21)27-36-28(46-39-27)25-11-8-16-40(25)29(37-30(41)44-32(2,3)4)38-31(42)45-33(5,6)7/h12-15,18-19,25H,8-11,16-17H2,1-7H3,(H,37,38,41,42)/t25-/m0/s1. The molecule has 248 valence electrons. The lowest BCUT2D eigenvalue weighted by atomic mass is 10.1. The smallest absolute Gasteiger partial charge is 0.437 e. The third-order valence-electron chi connectivity index (χ3n) is 6.74. The Balaban J connectivity index is 1.45. The van der Waals surface area contributed by atoms with Crippen LogP contribution < -0.4 is 10.1 Å². The molecule has 0 saturated carbocycles. The number of alkyl carbamates (subject to hydrolysis) is 1. The largest absolute Gasteiger partial charge is 0.493 e. The normalized spacial score (nSPS) is 15.5. The summed E-state index contributed by atoms with van der Waals surface area (Å²) in [5.41, 5.74) is 1.26. The molecule has 46 heavy (non-hydrogen) atoms. The third kappa shape index (κ3) is 10.1. The number of benzene rings is 2. The first-order valence-electron chi connectivity index (χ1n) is 15.2. The number of likely N-dealkylation sites (tertiary alicyclic amines) is 1. The van der Waals surface area contributed by atoms with Gasteiger partial charge in [-0.3, -0.25) is 5.32 Å². The highest BCUT2D eigenvalue weighted by molar-refractivity contribution is 6.42. The summed E-state index contributed by atoms with van der Waals surface area (Å²) in [6.07, 6.45) is 1.41. The molecule has 3 aromatic rings. The van der Waals surface area contributed by atoms with Crippen LogP contribution in [0.25, 0.3) is 11.4 Å². The van der Waals surface area contributed by atoms with E-state index in [0.717, 1.165) is 41.7 Å². The van der Waals surface area contributed by atoms with Crippen LogP contribution >= 0.6 is 23.2 Å². The van der Waals surface area contributed by atoms with E-state index < -0.39 is 29.4 Å². The maximum atomic E-state index is 12.7. The van der Waals surface area contributed by atoms with Gasteiger partial charge in [-0.25, -0.2) is 9.59 Å². The molecule has 1 N–H and O–H groups in total. The topological polar surface area (TPSA) is 128 Å². The van der Waals surface area contributed by atoms with Crippen LogP contribution in [-0.2, 0) is 15.9 Å². The molecule has 0 bridgehead atoms. The van der Waals surface area contributed by atoms with E-state index in [-0.39, 0.29) is 5.96 Å². The van der Waals surface area contributed by atoms with Crippen LogP contribution in [0, 0.1) is 6.92 Å².